The highest BCUT2D eigenvalue weighted by atomic mass is 19.1. The van der Waals surface area contributed by atoms with Gasteiger partial charge in [0, 0.05) is 17.3 Å². The van der Waals surface area contributed by atoms with Crippen LogP contribution >= 0.6 is 0 Å². The molecule has 0 aliphatic heterocycles. The van der Waals surface area contributed by atoms with Crippen molar-refractivity contribution < 1.29 is 18.7 Å². The summed E-state index contributed by atoms with van der Waals surface area (Å²) in [6.07, 6.45) is 3.85. The number of ether oxygens (including phenoxy) is 1. The van der Waals surface area contributed by atoms with E-state index in [2.05, 4.69) is 20.7 Å². The molecule has 2 amide bonds. The maximum Gasteiger partial charge on any atom is 0.251 e. The van der Waals surface area contributed by atoms with Crippen molar-refractivity contribution in [2.75, 3.05) is 12.0 Å². The van der Waals surface area contributed by atoms with Crippen molar-refractivity contribution in [3.8, 4) is 17.1 Å². The van der Waals surface area contributed by atoms with Crippen molar-refractivity contribution >= 4 is 17.5 Å². The Bertz CT molecular complexity index is 1450. The monoisotopic (exact) mass is 542 g/mol. The molecule has 9 nitrogen and oxygen atoms in total. The molecule has 0 saturated heterocycles. The van der Waals surface area contributed by atoms with Crippen molar-refractivity contribution in [1.82, 2.24) is 25.5 Å². The fourth-order valence-electron chi connectivity index (χ4n) is 4.92. The van der Waals surface area contributed by atoms with Crippen LogP contribution in [0.15, 0.2) is 72.8 Å². The van der Waals surface area contributed by atoms with Crippen molar-refractivity contribution in [2.24, 2.45) is 0 Å². The van der Waals surface area contributed by atoms with Crippen molar-refractivity contribution in [2.45, 2.75) is 51.2 Å². The summed E-state index contributed by atoms with van der Waals surface area (Å²) < 4.78 is 19.2. The number of rotatable bonds is 9. The van der Waals surface area contributed by atoms with Gasteiger partial charge in [0.2, 0.25) is 11.7 Å². The second-order valence-corrected chi connectivity index (χ2v) is 9.92. The predicted molar refractivity (Wildman–Crippen MR) is 148 cm³/mol. The van der Waals surface area contributed by atoms with Gasteiger partial charge in [-0.1, -0.05) is 54.8 Å². The van der Waals surface area contributed by atoms with Gasteiger partial charge in [-0.05, 0) is 66.9 Å². The lowest BCUT2D eigenvalue weighted by Gasteiger charge is -2.32. The van der Waals surface area contributed by atoms with E-state index in [1.54, 1.807) is 31.4 Å². The molecule has 0 spiro atoms. The molecule has 1 fully saturated rings. The van der Waals surface area contributed by atoms with Crippen LogP contribution in [0.1, 0.15) is 42.9 Å². The summed E-state index contributed by atoms with van der Waals surface area (Å²) in [6.45, 7) is 1.71. The Morgan fingerprint density at radius 2 is 1.70 bits per heavy atom. The Kier molecular flexibility index (Phi) is 8.14. The second kappa shape index (κ2) is 12.1. The molecule has 1 saturated carbocycles. The van der Waals surface area contributed by atoms with E-state index in [9.17, 15) is 14.0 Å². The fraction of sp³-hybridized carbons (Fsp3) is 0.300. The van der Waals surface area contributed by atoms with Crippen LogP contribution in [0.4, 0.5) is 10.1 Å². The van der Waals surface area contributed by atoms with Crippen molar-refractivity contribution in [3.05, 3.63) is 89.7 Å². The van der Waals surface area contributed by atoms with Gasteiger partial charge in [0.25, 0.3) is 5.91 Å². The van der Waals surface area contributed by atoms with Crippen LogP contribution < -0.4 is 15.0 Å². The molecule has 1 aromatic heterocycles. The number of nitrogens with zero attached hydrogens (tertiary/aromatic N) is 5. The smallest absolute Gasteiger partial charge is 0.251 e. The zero-order valence-corrected chi connectivity index (χ0v) is 22.5. The number of carbonyl (C=O) groups excluding carboxylic acids is 2. The molecule has 1 heterocycles. The number of tetrazole rings is 1. The highest BCUT2D eigenvalue weighted by Gasteiger charge is 2.35. The molecule has 1 aliphatic rings. The highest BCUT2D eigenvalue weighted by Crippen LogP contribution is 2.31. The number of anilines is 1. The Labute approximate surface area is 232 Å². The van der Waals surface area contributed by atoms with Crippen LogP contribution in [0.2, 0.25) is 0 Å². The molecule has 0 bridgehead atoms. The number of amides is 2. The number of hydrogen-bond donors (Lipinski definition) is 1. The molecule has 0 radical (unpaired) electrons. The quantitative estimate of drug-likeness (QED) is 0.331. The van der Waals surface area contributed by atoms with Crippen LogP contribution in [0, 0.1) is 12.7 Å². The van der Waals surface area contributed by atoms with E-state index in [0.717, 1.165) is 36.8 Å². The van der Waals surface area contributed by atoms with E-state index in [4.69, 9.17) is 4.74 Å². The predicted octanol–water partition coefficient (Wildman–Crippen LogP) is 4.63. The summed E-state index contributed by atoms with van der Waals surface area (Å²) in [7, 11) is 1.56. The maximum atomic E-state index is 14.0. The molecule has 10 heteroatoms. The van der Waals surface area contributed by atoms with Gasteiger partial charge >= 0.3 is 0 Å². The third kappa shape index (κ3) is 6.17. The average molecular weight is 543 g/mol. The number of halogens is 1. The van der Waals surface area contributed by atoms with E-state index in [-0.39, 0.29) is 18.5 Å². The van der Waals surface area contributed by atoms with Gasteiger partial charge in [-0.25, -0.2) is 4.39 Å². The van der Waals surface area contributed by atoms with E-state index >= 15 is 0 Å². The highest BCUT2D eigenvalue weighted by molar-refractivity contribution is 6.01. The topological polar surface area (TPSA) is 102 Å². The molecule has 0 unspecified atom stereocenters. The molecule has 206 valence electrons. The normalized spacial score (nSPS) is 14.1. The molecular weight excluding hydrogens is 511 g/mol. The lowest BCUT2D eigenvalue weighted by atomic mass is 10.0. The SMILES string of the molecule is COc1ccc([C@H](C(=O)NC2CCCC2)N(C(=O)Cn2nnc(-c3ccc(C)cc3)n2)c2ccc(F)cc2)cc1. The number of benzene rings is 3. The first-order chi connectivity index (χ1) is 19.4. The molecular formula is C30H31FN6O3. The van der Waals surface area contributed by atoms with Crippen molar-refractivity contribution in [1.29, 1.82) is 0 Å². The number of nitrogens with one attached hydrogen (secondary N) is 1. The third-order valence-electron chi connectivity index (χ3n) is 7.05. The standard InChI is InChI=1S/C30H31FN6O3/c1-20-7-9-22(10-8-20)29-33-35-36(34-29)19-27(38)37(25-15-13-23(31)14-16-25)28(21-11-17-26(40-2)18-12-21)30(39)32-24-5-3-4-6-24/h7-18,24,28H,3-6,19H2,1-2H3,(H,32,39)/t28-/m1/s1. The van der Waals surface area contributed by atoms with Gasteiger partial charge in [-0.2, -0.15) is 4.80 Å². The second-order valence-electron chi connectivity index (χ2n) is 9.92. The van der Waals surface area contributed by atoms with Crippen molar-refractivity contribution in [3.63, 3.8) is 0 Å². The summed E-state index contributed by atoms with van der Waals surface area (Å²) in [4.78, 5) is 30.4. The molecule has 1 atom stereocenters. The lowest BCUT2D eigenvalue weighted by molar-refractivity contribution is -0.127. The summed E-state index contributed by atoms with van der Waals surface area (Å²) in [5, 5.41) is 15.7. The number of hydrogen-bond acceptors (Lipinski definition) is 6. The van der Waals surface area contributed by atoms with Crippen LogP contribution in [-0.4, -0.2) is 45.2 Å². The Balaban J connectivity index is 1.50. The average Bonchev–Trinajstić information content (AvgIpc) is 3.65. The summed E-state index contributed by atoms with van der Waals surface area (Å²) in [5.41, 5.74) is 2.82. The fourth-order valence-corrected chi connectivity index (χ4v) is 4.92. The number of methoxy groups -OCH3 is 1. The Hall–Kier alpha value is -4.60. The first-order valence-electron chi connectivity index (χ1n) is 13.3. The van der Waals surface area contributed by atoms with Gasteiger partial charge in [0.05, 0.1) is 7.11 Å². The summed E-state index contributed by atoms with van der Waals surface area (Å²) in [5.74, 6) is -0.225. The molecule has 1 aliphatic carbocycles. The van der Waals surface area contributed by atoms with Gasteiger partial charge in [0.15, 0.2) is 0 Å². The third-order valence-corrected chi connectivity index (χ3v) is 7.05. The lowest BCUT2D eigenvalue weighted by Crippen LogP contribution is -2.47. The Morgan fingerprint density at radius 3 is 2.35 bits per heavy atom. The van der Waals surface area contributed by atoms with Crippen LogP contribution in [0.5, 0.6) is 5.75 Å². The molecule has 1 N–H and O–H groups in total. The molecule has 5 rings (SSSR count). The first kappa shape index (κ1) is 27.0. The first-order valence-corrected chi connectivity index (χ1v) is 13.3. The van der Waals surface area contributed by atoms with Gasteiger partial charge in [0.1, 0.15) is 24.2 Å². The number of carbonyl (C=O) groups is 2. The minimum absolute atomic E-state index is 0.0347. The Morgan fingerprint density at radius 1 is 1.02 bits per heavy atom. The molecule has 40 heavy (non-hydrogen) atoms. The van der Waals surface area contributed by atoms with Crippen LogP contribution in [0.25, 0.3) is 11.4 Å². The number of aryl methyl sites for hydroxylation is 1. The minimum atomic E-state index is -1.02. The van der Waals surface area contributed by atoms with E-state index < -0.39 is 17.8 Å². The van der Waals surface area contributed by atoms with Crippen LogP contribution in [-0.2, 0) is 16.1 Å². The van der Waals surface area contributed by atoms with E-state index in [1.165, 1.54) is 34.0 Å². The zero-order valence-electron chi connectivity index (χ0n) is 22.5. The molecule has 4 aromatic rings. The zero-order chi connectivity index (χ0) is 28.1. The number of aromatic nitrogens is 4. The van der Waals surface area contributed by atoms with Gasteiger partial charge in [-0.15, -0.1) is 10.2 Å². The van der Waals surface area contributed by atoms with E-state index in [1.807, 2.05) is 31.2 Å². The molecule has 3 aromatic carbocycles. The minimum Gasteiger partial charge on any atom is -0.497 e. The maximum absolute atomic E-state index is 14.0. The van der Waals surface area contributed by atoms with Gasteiger partial charge in [-0.3, -0.25) is 14.5 Å². The van der Waals surface area contributed by atoms with E-state index in [0.29, 0.717) is 22.8 Å². The summed E-state index contributed by atoms with van der Waals surface area (Å²) in [6, 6.07) is 19.2. The van der Waals surface area contributed by atoms with Crippen LogP contribution in [0.3, 0.4) is 0 Å². The summed E-state index contributed by atoms with van der Waals surface area (Å²) >= 11 is 0. The van der Waals surface area contributed by atoms with Gasteiger partial charge < -0.3 is 10.1 Å². The largest absolute Gasteiger partial charge is 0.497 e.